The van der Waals surface area contributed by atoms with Crippen LogP contribution in [0.5, 0.6) is 0 Å². The summed E-state index contributed by atoms with van der Waals surface area (Å²) in [5.74, 6) is -0.612. The molecule has 0 amide bonds. The van der Waals surface area contributed by atoms with Gasteiger partial charge in [0.05, 0.1) is 6.61 Å². The molecule has 0 aliphatic carbocycles. The van der Waals surface area contributed by atoms with Crippen LogP contribution in [0.2, 0.25) is 0 Å². The molecule has 100 valence electrons. The van der Waals surface area contributed by atoms with Gasteiger partial charge in [-0.2, -0.15) is 0 Å². The Labute approximate surface area is 106 Å². The lowest BCUT2D eigenvalue weighted by atomic mass is 10.0. The second-order valence-corrected chi connectivity index (χ2v) is 4.96. The van der Waals surface area contributed by atoms with Crippen molar-refractivity contribution >= 4 is 5.69 Å². The molecule has 1 unspecified atom stereocenters. The molecule has 1 N–H and O–H groups in total. The van der Waals surface area contributed by atoms with Gasteiger partial charge in [-0.3, -0.25) is 0 Å². The first-order chi connectivity index (χ1) is 8.65. The van der Waals surface area contributed by atoms with E-state index in [1.165, 1.54) is 12.1 Å². The highest BCUT2D eigenvalue weighted by molar-refractivity contribution is 5.51. The van der Waals surface area contributed by atoms with Gasteiger partial charge >= 0.3 is 0 Å². The van der Waals surface area contributed by atoms with Crippen molar-refractivity contribution in [3.8, 4) is 0 Å². The standard InChI is InChI=1S/C14H19F2NO/c1-2-3-10-4-5-17(8-10)14-12(15)6-11(9-18)7-13(14)16/h6-7,10,18H,2-5,8-9H2,1H3. The van der Waals surface area contributed by atoms with Gasteiger partial charge in [-0.05, 0) is 36.5 Å². The lowest BCUT2D eigenvalue weighted by Gasteiger charge is -2.20. The molecule has 18 heavy (non-hydrogen) atoms. The van der Waals surface area contributed by atoms with Gasteiger partial charge in [0.2, 0.25) is 0 Å². The average Bonchev–Trinajstić information content (AvgIpc) is 2.77. The van der Waals surface area contributed by atoms with Crippen LogP contribution in [0, 0.1) is 17.6 Å². The van der Waals surface area contributed by atoms with E-state index in [9.17, 15) is 8.78 Å². The van der Waals surface area contributed by atoms with Crippen molar-refractivity contribution in [3.63, 3.8) is 0 Å². The Hall–Kier alpha value is -1.16. The zero-order valence-electron chi connectivity index (χ0n) is 10.6. The van der Waals surface area contributed by atoms with Gasteiger partial charge in [-0.25, -0.2) is 8.78 Å². The smallest absolute Gasteiger partial charge is 0.149 e. The third-order valence-electron chi connectivity index (χ3n) is 3.56. The lowest BCUT2D eigenvalue weighted by molar-refractivity contribution is 0.280. The number of anilines is 1. The van der Waals surface area contributed by atoms with E-state index in [1.54, 1.807) is 4.90 Å². The first-order valence-electron chi connectivity index (χ1n) is 6.49. The van der Waals surface area contributed by atoms with E-state index >= 15 is 0 Å². The Balaban J connectivity index is 2.19. The monoisotopic (exact) mass is 255 g/mol. The van der Waals surface area contributed by atoms with Crippen molar-refractivity contribution in [1.29, 1.82) is 0 Å². The van der Waals surface area contributed by atoms with Crippen molar-refractivity contribution in [1.82, 2.24) is 0 Å². The minimum atomic E-state index is -0.573. The quantitative estimate of drug-likeness (QED) is 0.893. The van der Waals surface area contributed by atoms with Crippen LogP contribution in [-0.2, 0) is 6.61 Å². The number of hydrogen-bond acceptors (Lipinski definition) is 2. The molecule has 1 aliphatic rings. The van der Waals surface area contributed by atoms with E-state index in [1.807, 2.05) is 0 Å². The number of hydrogen-bond donors (Lipinski definition) is 1. The van der Waals surface area contributed by atoms with E-state index in [2.05, 4.69) is 6.92 Å². The summed E-state index contributed by atoms with van der Waals surface area (Å²) >= 11 is 0. The van der Waals surface area contributed by atoms with E-state index in [0.29, 0.717) is 12.5 Å². The molecule has 1 aromatic rings. The Morgan fingerprint density at radius 1 is 1.33 bits per heavy atom. The largest absolute Gasteiger partial charge is 0.392 e. The van der Waals surface area contributed by atoms with Crippen LogP contribution >= 0.6 is 0 Å². The predicted octanol–water partition coefficient (Wildman–Crippen LogP) is 3.08. The summed E-state index contributed by atoms with van der Waals surface area (Å²) < 4.78 is 27.7. The molecular weight excluding hydrogens is 236 g/mol. The summed E-state index contributed by atoms with van der Waals surface area (Å²) in [4.78, 5) is 1.78. The van der Waals surface area contributed by atoms with Crippen LogP contribution in [0.3, 0.4) is 0 Å². The number of aliphatic hydroxyl groups is 1. The first-order valence-corrected chi connectivity index (χ1v) is 6.49. The number of halogens is 2. The second-order valence-electron chi connectivity index (χ2n) is 4.96. The summed E-state index contributed by atoms with van der Waals surface area (Å²) in [7, 11) is 0. The normalized spacial score (nSPS) is 19.6. The molecular formula is C14H19F2NO. The average molecular weight is 255 g/mol. The maximum Gasteiger partial charge on any atom is 0.149 e. The van der Waals surface area contributed by atoms with Crippen molar-refractivity contribution < 1.29 is 13.9 Å². The number of aliphatic hydroxyl groups excluding tert-OH is 1. The fourth-order valence-electron chi connectivity index (χ4n) is 2.69. The third-order valence-corrected chi connectivity index (χ3v) is 3.56. The third kappa shape index (κ3) is 2.64. The molecule has 1 aliphatic heterocycles. The van der Waals surface area contributed by atoms with Crippen LogP contribution in [0.1, 0.15) is 31.7 Å². The van der Waals surface area contributed by atoms with Crippen LogP contribution in [0.4, 0.5) is 14.5 Å². The topological polar surface area (TPSA) is 23.5 Å². The summed E-state index contributed by atoms with van der Waals surface area (Å²) in [5.41, 5.74) is 0.337. The van der Waals surface area contributed by atoms with Gasteiger partial charge in [0.25, 0.3) is 0 Å². The highest BCUT2D eigenvalue weighted by Crippen LogP contribution is 2.31. The molecule has 1 aromatic carbocycles. The van der Waals surface area contributed by atoms with E-state index in [0.717, 1.165) is 25.8 Å². The second kappa shape index (κ2) is 5.65. The van der Waals surface area contributed by atoms with Gasteiger partial charge in [0.1, 0.15) is 17.3 Å². The number of benzene rings is 1. The zero-order valence-corrected chi connectivity index (χ0v) is 10.6. The molecule has 1 heterocycles. The molecule has 1 fully saturated rings. The molecule has 4 heteroatoms. The Morgan fingerprint density at radius 3 is 2.56 bits per heavy atom. The first kappa shape index (κ1) is 13.3. The van der Waals surface area contributed by atoms with Gasteiger partial charge in [0.15, 0.2) is 0 Å². The highest BCUT2D eigenvalue weighted by Gasteiger charge is 2.26. The lowest BCUT2D eigenvalue weighted by Crippen LogP contribution is -2.22. The fourth-order valence-corrected chi connectivity index (χ4v) is 2.69. The number of nitrogens with zero attached hydrogens (tertiary/aromatic N) is 1. The van der Waals surface area contributed by atoms with E-state index in [-0.39, 0.29) is 17.9 Å². The SMILES string of the molecule is CCCC1CCN(c2c(F)cc(CO)cc2F)C1. The van der Waals surface area contributed by atoms with Gasteiger partial charge in [0, 0.05) is 13.1 Å². The van der Waals surface area contributed by atoms with E-state index in [4.69, 9.17) is 5.11 Å². The summed E-state index contributed by atoms with van der Waals surface area (Å²) in [6.07, 6.45) is 3.20. The van der Waals surface area contributed by atoms with Crippen LogP contribution < -0.4 is 4.90 Å². The molecule has 0 bridgehead atoms. The molecule has 2 rings (SSSR count). The van der Waals surface area contributed by atoms with Gasteiger partial charge < -0.3 is 10.0 Å². The Kier molecular flexibility index (Phi) is 4.17. The molecule has 2 nitrogen and oxygen atoms in total. The van der Waals surface area contributed by atoms with Crippen molar-refractivity contribution in [2.75, 3.05) is 18.0 Å². The Morgan fingerprint density at radius 2 is 2.00 bits per heavy atom. The summed E-state index contributed by atoms with van der Waals surface area (Å²) in [5, 5.41) is 8.91. The Bertz CT molecular complexity index is 399. The molecule has 0 aromatic heterocycles. The minimum Gasteiger partial charge on any atom is -0.392 e. The molecule has 1 saturated heterocycles. The minimum absolute atomic E-state index is 0.0609. The number of rotatable bonds is 4. The maximum atomic E-state index is 13.9. The maximum absolute atomic E-state index is 13.9. The van der Waals surface area contributed by atoms with Crippen LogP contribution in [0.25, 0.3) is 0 Å². The predicted molar refractivity (Wildman–Crippen MR) is 67.5 cm³/mol. The summed E-state index contributed by atoms with van der Waals surface area (Å²) in [6, 6.07) is 2.43. The highest BCUT2D eigenvalue weighted by atomic mass is 19.1. The zero-order chi connectivity index (χ0) is 13.1. The molecule has 0 spiro atoms. The van der Waals surface area contributed by atoms with Crippen molar-refractivity contribution in [2.45, 2.75) is 32.8 Å². The van der Waals surface area contributed by atoms with Crippen LogP contribution in [0.15, 0.2) is 12.1 Å². The van der Waals surface area contributed by atoms with Gasteiger partial charge in [-0.15, -0.1) is 0 Å². The van der Waals surface area contributed by atoms with E-state index < -0.39 is 11.6 Å². The molecule has 0 saturated carbocycles. The molecule has 0 radical (unpaired) electrons. The fraction of sp³-hybridized carbons (Fsp3) is 0.571. The van der Waals surface area contributed by atoms with Gasteiger partial charge in [-0.1, -0.05) is 13.3 Å². The van der Waals surface area contributed by atoms with Crippen molar-refractivity contribution in [3.05, 3.63) is 29.3 Å². The summed E-state index contributed by atoms with van der Waals surface area (Å²) in [6.45, 7) is 3.21. The molecule has 1 atom stereocenters. The van der Waals surface area contributed by atoms with Crippen LogP contribution in [-0.4, -0.2) is 18.2 Å². The van der Waals surface area contributed by atoms with Crippen molar-refractivity contribution in [2.24, 2.45) is 5.92 Å².